The normalized spacial score (nSPS) is 21.0. The largest absolute Gasteiger partial charge is 0.388 e. The van der Waals surface area contributed by atoms with Crippen LogP contribution in [0.2, 0.25) is 0 Å². The van der Waals surface area contributed by atoms with E-state index in [-0.39, 0.29) is 0 Å². The molecular weight excluding hydrogens is 280 g/mol. The molecule has 21 heavy (non-hydrogen) atoms. The molecule has 0 saturated heterocycles. The zero-order valence-corrected chi connectivity index (χ0v) is 14.0. The average Bonchev–Trinajstić information content (AvgIpc) is 2.48. The van der Waals surface area contributed by atoms with Gasteiger partial charge in [-0.3, -0.25) is 0 Å². The van der Waals surface area contributed by atoms with Crippen molar-refractivity contribution >= 4 is 11.8 Å². The van der Waals surface area contributed by atoms with Crippen molar-refractivity contribution in [3.05, 3.63) is 29.8 Å². The lowest BCUT2D eigenvalue weighted by Crippen LogP contribution is -2.32. The molecule has 1 saturated carbocycles. The van der Waals surface area contributed by atoms with Gasteiger partial charge < -0.3 is 10.2 Å². The molecule has 0 aliphatic heterocycles. The first-order chi connectivity index (χ1) is 10.0. The predicted octanol–water partition coefficient (Wildman–Crippen LogP) is 4.90. The van der Waals surface area contributed by atoms with E-state index in [1.165, 1.54) is 19.3 Å². The van der Waals surface area contributed by atoms with E-state index in [0.29, 0.717) is 5.92 Å². The van der Waals surface area contributed by atoms with Gasteiger partial charge in [0.25, 0.3) is 0 Å². The van der Waals surface area contributed by atoms with E-state index in [4.69, 9.17) is 0 Å². The molecule has 0 heterocycles. The van der Waals surface area contributed by atoms with Gasteiger partial charge >= 0.3 is 0 Å². The molecule has 2 N–H and O–H groups in total. The van der Waals surface area contributed by atoms with Crippen LogP contribution in [0.3, 0.4) is 0 Å². The van der Waals surface area contributed by atoms with Crippen molar-refractivity contribution < 1.29 is 10.2 Å². The lowest BCUT2D eigenvalue weighted by molar-refractivity contribution is 0.0681. The summed E-state index contributed by atoms with van der Waals surface area (Å²) in [6.07, 6.45) is 7.38. The molecule has 0 radical (unpaired) electrons. The molecule has 0 amide bonds. The summed E-state index contributed by atoms with van der Waals surface area (Å²) >= 11 is 1.55. The Bertz CT molecular complexity index is 439. The van der Waals surface area contributed by atoms with Crippen molar-refractivity contribution in [1.82, 2.24) is 0 Å². The van der Waals surface area contributed by atoms with Crippen LogP contribution in [0.5, 0.6) is 0 Å². The first-order valence-corrected chi connectivity index (χ1v) is 9.04. The minimum Gasteiger partial charge on any atom is -0.388 e. The van der Waals surface area contributed by atoms with Gasteiger partial charge in [0.1, 0.15) is 4.93 Å². The number of hydrogen-bond donors (Lipinski definition) is 2. The molecule has 2 unspecified atom stereocenters. The van der Waals surface area contributed by atoms with Crippen LogP contribution in [0.1, 0.15) is 70.5 Å². The number of aliphatic hydroxyl groups excluding tert-OH is 1. The molecule has 1 aromatic carbocycles. The maximum absolute atomic E-state index is 10.8. The lowest BCUT2D eigenvalue weighted by atomic mass is 9.85. The fourth-order valence-corrected chi connectivity index (χ4v) is 4.41. The molecule has 1 aromatic rings. The second-order valence-corrected chi connectivity index (χ2v) is 7.87. The summed E-state index contributed by atoms with van der Waals surface area (Å²) in [6, 6.07) is 8.01. The zero-order valence-electron chi connectivity index (χ0n) is 13.2. The molecule has 1 fully saturated rings. The SMILES string of the molecule is CCCC(O)c1cccc(SC(C)(O)C2CCCCC2)c1. The summed E-state index contributed by atoms with van der Waals surface area (Å²) in [5, 5.41) is 20.9. The van der Waals surface area contributed by atoms with Crippen LogP contribution < -0.4 is 0 Å². The quantitative estimate of drug-likeness (QED) is 0.580. The third-order valence-corrected chi connectivity index (χ3v) is 5.73. The second-order valence-electron chi connectivity index (χ2n) is 6.37. The van der Waals surface area contributed by atoms with Crippen LogP contribution in [0.25, 0.3) is 0 Å². The Morgan fingerprint density at radius 2 is 2.00 bits per heavy atom. The molecule has 0 bridgehead atoms. The van der Waals surface area contributed by atoms with Crippen molar-refractivity contribution in [3.8, 4) is 0 Å². The van der Waals surface area contributed by atoms with Gasteiger partial charge in [-0.15, -0.1) is 0 Å². The monoisotopic (exact) mass is 308 g/mol. The Balaban J connectivity index is 2.05. The first-order valence-electron chi connectivity index (χ1n) is 8.22. The fraction of sp³-hybridized carbons (Fsp3) is 0.667. The predicted molar refractivity (Wildman–Crippen MR) is 89.4 cm³/mol. The Hall–Kier alpha value is -0.510. The maximum atomic E-state index is 10.8. The number of aliphatic hydroxyl groups is 2. The van der Waals surface area contributed by atoms with Crippen molar-refractivity contribution in [1.29, 1.82) is 0 Å². The highest BCUT2D eigenvalue weighted by Crippen LogP contribution is 2.43. The van der Waals surface area contributed by atoms with E-state index in [2.05, 4.69) is 6.92 Å². The van der Waals surface area contributed by atoms with Crippen LogP contribution in [-0.4, -0.2) is 15.1 Å². The highest BCUT2D eigenvalue weighted by Gasteiger charge is 2.33. The second kappa shape index (κ2) is 7.66. The smallest absolute Gasteiger partial charge is 0.114 e. The molecule has 1 aliphatic carbocycles. The third kappa shape index (κ3) is 4.73. The number of hydrogen-bond acceptors (Lipinski definition) is 3. The summed E-state index contributed by atoms with van der Waals surface area (Å²) in [7, 11) is 0. The van der Waals surface area contributed by atoms with E-state index < -0.39 is 11.0 Å². The van der Waals surface area contributed by atoms with Gasteiger partial charge in [0.05, 0.1) is 6.10 Å². The first kappa shape index (κ1) is 16.9. The van der Waals surface area contributed by atoms with Gasteiger partial charge in [0, 0.05) is 4.90 Å². The standard InChI is InChI=1S/C18H28O2S/c1-3-8-17(19)14-9-7-12-16(13-14)21-18(2,20)15-10-5-4-6-11-15/h7,9,12-13,15,17,19-20H,3-6,8,10-11H2,1-2H3. The van der Waals surface area contributed by atoms with Crippen LogP contribution in [0, 0.1) is 5.92 Å². The molecule has 0 spiro atoms. The van der Waals surface area contributed by atoms with Crippen LogP contribution in [0.4, 0.5) is 0 Å². The van der Waals surface area contributed by atoms with Gasteiger partial charge in [-0.2, -0.15) is 0 Å². The van der Waals surface area contributed by atoms with E-state index in [1.54, 1.807) is 11.8 Å². The van der Waals surface area contributed by atoms with E-state index in [1.807, 2.05) is 31.2 Å². The fourth-order valence-electron chi connectivity index (χ4n) is 3.19. The Morgan fingerprint density at radius 3 is 2.67 bits per heavy atom. The summed E-state index contributed by atoms with van der Waals surface area (Å²) in [5.74, 6) is 0.375. The van der Waals surface area contributed by atoms with Gasteiger partial charge in [0.2, 0.25) is 0 Å². The number of benzene rings is 1. The van der Waals surface area contributed by atoms with Crippen LogP contribution in [-0.2, 0) is 0 Å². The van der Waals surface area contributed by atoms with Crippen LogP contribution >= 0.6 is 11.8 Å². The van der Waals surface area contributed by atoms with E-state index in [9.17, 15) is 10.2 Å². The molecule has 118 valence electrons. The number of rotatable bonds is 6. The summed E-state index contributed by atoms with van der Waals surface area (Å²) in [5.41, 5.74) is 0.960. The summed E-state index contributed by atoms with van der Waals surface area (Å²) in [6.45, 7) is 4.03. The maximum Gasteiger partial charge on any atom is 0.114 e. The Labute approximate surface area is 133 Å². The van der Waals surface area contributed by atoms with Crippen molar-refractivity contribution in [2.75, 3.05) is 0 Å². The Kier molecular flexibility index (Phi) is 6.15. The zero-order chi connectivity index (χ0) is 15.3. The molecule has 2 rings (SSSR count). The summed E-state index contributed by atoms with van der Waals surface area (Å²) < 4.78 is 0. The molecule has 3 heteroatoms. The van der Waals surface area contributed by atoms with Gasteiger partial charge in [-0.05, 0) is 49.8 Å². The highest BCUT2D eigenvalue weighted by molar-refractivity contribution is 8.00. The van der Waals surface area contributed by atoms with Crippen LogP contribution in [0.15, 0.2) is 29.2 Å². The van der Waals surface area contributed by atoms with Crippen molar-refractivity contribution in [2.45, 2.75) is 74.7 Å². The van der Waals surface area contributed by atoms with Crippen molar-refractivity contribution in [2.24, 2.45) is 5.92 Å². The topological polar surface area (TPSA) is 40.5 Å². The molecule has 2 atom stereocenters. The van der Waals surface area contributed by atoms with Gasteiger partial charge in [-0.1, -0.05) is 56.5 Å². The molecule has 0 aromatic heterocycles. The third-order valence-electron chi connectivity index (χ3n) is 4.49. The number of thioether (sulfide) groups is 1. The molecular formula is C18H28O2S. The minimum atomic E-state index is -0.714. The highest BCUT2D eigenvalue weighted by atomic mass is 32.2. The van der Waals surface area contributed by atoms with Gasteiger partial charge in [0.15, 0.2) is 0 Å². The lowest BCUT2D eigenvalue weighted by Gasteiger charge is -2.35. The van der Waals surface area contributed by atoms with E-state index >= 15 is 0 Å². The van der Waals surface area contributed by atoms with Crippen molar-refractivity contribution in [3.63, 3.8) is 0 Å². The molecule has 2 nitrogen and oxygen atoms in total. The van der Waals surface area contributed by atoms with E-state index in [0.717, 1.165) is 36.1 Å². The average molecular weight is 308 g/mol. The van der Waals surface area contributed by atoms with Gasteiger partial charge in [-0.25, -0.2) is 0 Å². The summed E-state index contributed by atoms with van der Waals surface area (Å²) in [4.78, 5) is 0.340. The molecule has 1 aliphatic rings. The Morgan fingerprint density at radius 1 is 1.29 bits per heavy atom. The minimum absolute atomic E-state index is 0.375.